The van der Waals surface area contributed by atoms with Gasteiger partial charge in [0.05, 0.1) is 39.1 Å². The maximum Gasteiger partial charge on any atom is 0.213 e. The number of aromatic nitrogens is 2. The second kappa shape index (κ2) is 10.1. The number of alkyl halides is 1. The van der Waals surface area contributed by atoms with Crippen molar-refractivity contribution in [2.24, 2.45) is 5.41 Å². The Balaban J connectivity index is 1.58. The Hall–Kier alpha value is -3.68. The molecule has 39 heavy (non-hydrogen) atoms. The van der Waals surface area contributed by atoms with Gasteiger partial charge < -0.3 is 16.1 Å². The van der Waals surface area contributed by atoms with Crippen LogP contribution in [0.3, 0.4) is 0 Å². The van der Waals surface area contributed by atoms with E-state index in [-0.39, 0.29) is 5.41 Å². The maximum absolute atomic E-state index is 13.9. The molecule has 0 bridgehead atoms. The lowest BCUT2D eigenvalue weighted by atomic mass is 9.96. The summed E-state index contributed by atoms with van der Waals surface area (Å²) in [7, 11) is 0. The van der Waals surface area contributed by atoms with Crippen molar-refractivity contribution in [1.29, 1.82) is 5.26 Å². The Morgan fingerprint density at radius 3 is 2.69 bits per heavy atom. The van der Waals surface area contributed by atoms with Crippen molar-refractivity contribution in [3.05, 3.63) is 70.2 Å². The molecule has 204 valence electrons. The summed E-state index contributed by atoms with van der Waals surface area (Å²) in [6.45, 7) is 8.21. The average molecular weight is 553 g/mol. The first-order valence-electron chi connectivity index (χ1n) is 12.8. The predicted molar refractivity (Wildman–Crippen MR) is 149 cm³/mol. The van der Waals surface area contributed by atoms with Gasteiger partial charge in [-0.3, -0.25) is 9.99 Å². The van der Waals surface area contributed by atoms with Crippen LogP contribution in [0.4, 0.5) is 20.2 Å². The number of anilines is 2. The Kier molecular flexibility index (Phi) is 6.99. The van der Waals surface area contributed by atoms with E-state index in [9.17, 15) is 14.0 Å². The molecule has 0 unspecified atom stereocenters. The van der Waals surface area contributed by atoms with Gasteiger partial charge in [-0.1, -0.05) is 38.4 Å². The van der Waals surface area contributed by atoms with Crippen LogP contribution in [0.2, 0.25) is 5.02 Å². The van der Waals surface area contributed by atoms with Crippen LogP contribution in [0.25, 0.3) is 10.9 Å². The monoisotopic (exact) mass is 552 g/mol. The summed E-state index contributed by atoms with van der Waals surface area (Å²) in [6, 6.07) is 8.37. The molecule has 1 atom stereocenters. The summed E-state index contributed by atoms with van der Waals surface area (Å²) >= 11 is 6.70. The predicted octanol–water partition coefficient (Wildman–Crippen LogP) is 5.88. The van der Waals surface area contributed by atoms with Crippen LogP contribution in [0.1, 0.15) is 56.5 Å². The molecule has 0 amide bonds. The summed E-state index contributed by atoms with van der Waals surface area (Å²) in [5.41, 5.74) is 9.86. The van der Waals surface area contributed by atoms with Gasteiger partial charge in [0.2, 0.25) is 5.95 Å². The second-order valence-corrected chi connectivity index (χ2v) is 11.8. The van der Waals surface area contributed by atoms with E-state index in [2.05, 4.69) is 58.4 Å². The number of benzene rings is 1. The Morgan fingerprint density at radius 2 is 2.05 bits per heavy atom. The highest BCUT2D eigenvalue weighted by atomic mass is 35.5. The smallest absolute Gasteiger partial charge is 0.213 e. The number of nitrogens with one attached hydrogen (secondary N) is 4. The first kappa shape index (κ1) is 26.9. The van der Waals surface area contributed by atoms with E-state index in [0.717, 1.165) is 18.4 Å². The maximum atomic E-state index is 13.9. The van der Waals surface area contributed by atoms with E-state index in [0.29, 0.717) is 50.8 Å². The molecular formula is C28H31ClF2N8. The van der Waals surface area contributed by atoms with E-state index in [1.807, 2.05) is 12.3 Å². The highest BCUT2D eigenvalue weighted by molar-refractivity contribution is 6.35. The van der Waals surface area contributed by atoms with Crippen molar-refractivity contribution in [1.82, 2.24) is 25.9 Å². The van der Waals surface area contributed by atoms with Crippen molar-refractivity contribution in [2.75, 3.05) is 23.9 Å². The standard InChI is InChI=1S/C28H31ClF2N8/c1-16-19(5-6-23(31)35-16)26(22-13-39(38-37-22)28(14-30)7-8-28)36-18-9-20-24(34-15-27(2,3)4)17(11-32)12-33-25(20)21(29)10-18/h5-6,9-10,12-13,26,36-38H,7-8,14-15H2,1-4H3,(H,33,34)/t26-/m0/s1. The summed E-state index contributed by atoms with van der Waals surface area (Å²) in [5, 5.41) is 19.6. The largest absolute Gasteiger partial charge is 0.383 e. The van der Waals surface area contributed by atoms with Crippen molar-refractivity contribution < 1.29 is 8.78 Å². The molecule has 5 rings (SSSR count). The third-order valence-corrected chi connectivity index (χ3v) is 7.33. The van der Waals surface area contributed by atoms with E-state index in [4.69, 9.17) is 11.6 Å². The number of hydrogen-bond donors (Lipinski definition) is 4. The number of fused-ring (bicyclic) bond motifs is 1. The molecule has 4 N–H and O–H groups in total. The number of rotatable bonds is 8. The molecule has 1 aliphatic heterocycles. The highest BCUT2D eigenvalue weighted by Crippen LogP contribution is 2.43. The van der Waals surface area contributed by atoms with Crippen LogP contribution in [0.15, 0.2) is 42.4 Å². The van der Waals surface area contributed by atoms with Gasteiger partial charge in [0.25, 0.3) is 0 Å². The molecule has 11 heteroatoms. The van der Waals surface area contributed by atoms with E-state index >= 15 is 0 Å². The summed E-state index contributed by atoms with van der Waals surface area (Å²) in [5.74, 6) is -0.573. The third-order valence-electron chi connectivity index (χ3n) is 7.04. The third kappa shape index (κ3) is 5.42. The number of aryl methyl sites for hydroxylation is 1. The van der Waals surface area contributed by atoms with Crippen LogP contribution in [-0.4, -0.2) is 33.7 Å². The minimum absolute atomic E-state index is 0.0296. The zero-order valence-corrected chi connectivity index (χ0v) is 23.0. The molecule has 3 heterocycles. The second-order valence-electron chi connectivity index (χ2n) is 11.4. The topological polar surface area (TPSA) is 101 Å². The molecule has 2 aromatic heterocycles. The highest BCUT2D eigenvalue weighted by Gasteiger charge is 2.49. The van der Waals surface area contributed by atoms with Crippen molar-refractivity contribution in [2.45, 2.75) is 52.1 Å². The number of nitriles is 1. The van der Waals surface area contributed by atoms with Crippen LogP contribution in [-0.2, 0) is 0 Å². The SMILES string of the molecule is Cc1nc(F)ccc1[C@H](Nc1cc(Cl)c2ncc(C#N)c(NCC(C)(C)C)c2c1)C1=CN(C2(CF)CC2)NN1. The average Bonchev–Trinajstić information content (AvgIpc) is 3.53. The lowest BCUT2D eigenvalue weighted by molar-refractivity contribution is 0.146. The Morgan fingerprint density at radius 1 is 1.28 bits per heavy atom. The van der Waals surface area contributed by atoms with Gasteiger partial charge in [-0.2, -0.15) is 9.65 Å². The van der Waals surface area contributed by atoms with E-state index in [1.165, 1.54) is 12.3 Å². The minimum Gasteiger partial charge on any atom is -0.383 e. The van der Waals surface area contributed by atoms with Crippen LogP contribution in [0.5, 0.6) is 0 Å². The minimum atomic E-state index is -0.573. The van der Waals surface area contributed by atoms with E-state index in [1.54, 1.807) is 24.1 Å². The van der Waals surface area contributed by atoms with Gasteiger partial charge in [-0.15, -0.1) is 5.53 Å². The van der Waals surface area contributed by atoms with Gasteiger partial charge in [0, 0.05) is 41.3 Å². The normalized spacial score (nSPS) is 16.9. The zero-order valence-electron chi connectivity index (χ0n) is 22.3. The van der Waals surface area contributed by atoms with Crippen molar-refractivity contribution in [3.63, 3.8) is 0 Å². The molecular weight excluding hydrogens is 522 g/mol. The number of pyridine rings is 2. The number of halogens is 3. The Bertz CT molecular complexity index is 1490. The van der Waals surface area contributed by atoms with Crippen LogP contribution in [0, 0.1) is 29.6 Å². The van der Waals surface area contributed by atoms with Gasteiger partial charge >= 0.3 is 0 Å². The van der Waals surface area contributed by atoms with Crippen LogP contribution >= 0.6 is 11.6 Å². The van der Waals surface area contributed by atoms with Gasteiger partial charge in [0.15, 0.2) is 0 Å². The first-order valence-corrected chi connectivity index (χ1v) is 13.2. The number of hydrazine groups is 2. The lowest BCUT2D eigenvalue weighted by Crippen LogP contribution is -2.46. The molecule has 1 saturated carbocycles. The summed E-state index contributed by atoms with van der Waals surface area (Å²) in [6.07, 6.45) is 4.85. The fraction of sp³-hybridized carbons (Fsp3) is 0.393. The quantitative estimate of drug-likeness (QED) is 0.257. The molecule has 1 aliphatic carbocycles. The molecule has 0 radical (unpaired) electrons. The van der Waals surface area contributed by atoms with Crippen molar-refractivity contribution >= 4 is 33.9 Å². The number of hydrogen-bond acceptors (Lipinski definition) is 8. The van der Waals surface area contributed by atoms with Gasteiger partial charge in [0.1, 0.15) is 12.7 Å². The van der Waals surface area contributed by atoms with Crippen LogP contribution < -0.4 is 21.6 Å². The Labute approximate surface area is 231 Å². The molecule has 1 aromatic carbocycles. The van der Waals surface area contributed by atoms with Gasteiger partial charge in [-0.05, 0) is 43.4 Å². The zero-order chi connectivity index (χ0) is 27.9. The first-order chi connectivity index (χ1) is 18.5. The molecule has 8 nitrogen and oxygen atoms in total. The molecule has 1 fully saturated rings. The van der Waals surface area contributed by atoms with Crippen molar-refractivity contribution in [3.8, 4) is 6.07 Å². The summed E-state index contributed by atoms with van der Waals surface area (Å²) in [4.78, 5) is 8.46. The molecule has 0 spiro atoms. The fourth-order valence-corrected chi connectivity index (χ4v) is 4.89. The summed E-state index contributed by atoms with van der Waals surface area (Å²) < 4.78 is 27.7. The lowest BCUT2D eigenvalue weighted by Gasteiger charge is -2.24. The van der Waals surface area contributed by atoms with Gasteiger partial charge in [-0.25, -0.2) is 9.37 Å². The fourth-order valence-electron chi connectivity index (χ4n) is 4.62. The van der Waals surface area contributed by atoms with E-state index < -0.39 is 24.2 Å². The molecule has 3 aromatic rings. The molecule has 0 saturated heterocycles. The molecule has 2 aliphatic rings. The number of nitrogens with zero attached hydrogens (tertiary/aromatic N) is 4.